The van der Waals surface area contributed by atoms with Gasteiger partial charge < -0.3 is 25.4 Å². The molecule has 19 heavy (non-hydrogen) atoms. The predicted molar refractivity (Wildman–Crippen MR) is 73.3 cm³/mol. The van der Waals surface area contributed by atoms with E-state index >= 15 is 0 Å². The van der Waals surface area contributed by atoms with Crippen LogP contribution < -0.4 is 10.1 Å². The van der Waals surface area contributed by atoms with Gasteiger partial charge in [-0.2, -0.15) is 0 Å². The lowest BCUT2D eigenvalue weighted by Gasteiger charge is -2.30. The molecule has 1 aromatic rings. The van der Waals surface area contributed by atoms with Crippen molar-refractivity contribution in [2.45, 2.75) is 32.4 Å². The van der Waals surface area contributed by atoms with E-state index in [1.165, 1.54) is 0 Å². The maximum absolute atomic E-state index is 9.61. The maximum Gasteiger partial charge on any atom is 0.161 e. The fraction of sp³-hybridized carbons (Fsp3) is 0.571. The molecule has 1 aromatic carbocycles. The second kappa shape index (κ2) is 7.33. The van der Waals surface area contributed by atoms with E-state index in [2.05, 4.69) is 5.32 Å². The van der Waals surface area contributed by atoms with E-state index in [0.717, 1.165) is 5.56 Å². The number of hydrogen-bond acceptors (Lipinski definition) is 5. The number of aliphatic hydroxyl groups is 2. The van der Waals surface area contributed by atoms with E-state index in [-0.39, 0.29) is 19.0 Å². The first-order valence-corrected chi connectivity index (χ1v) is 6.52. The van der Waals surface area contributed by atoms with E-state index in [1.807, 2.05) is 13.8 Å². The number of phenols is 1. The Kier molecular flexibility index (Phi) is 6.08. The summed E-state index contributed by atoms with van der Waals surface area (Å²) in [6.07, 6.45) is 0.621. The number of phenolic OH excluding ortho intramolecular Hbond substituents is 1. The van der Waals surface area contributed by atoms with Gasteiger partial charge in [0.2, 0.25) is 0 Å². The van der Waals surface area contributed by atoms with Crippen LogP contribution in [0.4, 0.5) is 0 Å². The number of nitrogens with one attached hydrogen (secondary N) is 1. The zero-order valence-electron chi connectivity index (χ0n) is 11.5. The Balaban J connectivity index is 2.74. The summed E-state index contributed by atoms with van der Waals surface area (Å²) in [6.45, 7) is 4.46. The molecule has 5 heteroatoms. The molecule has 0 bridgehead atoms. The van der Waals surface area contributed by atoms with Gasteiger partial charge in [0.15, 0.2) is 11.5 Å². The van der Waals surface area contributed by atoms with Crippen LogP contribution in [0.5, 0.6) is 11.5 Å². The molecular weight excluding hydrogens is 246 g/mol. The highest BCUT2D eigenvalue weighted by molar-refractivity contribution is 5.41. The summed E-state index contributed by atoms with van der Waals surface area (Å²) in [5.74, 6) is 0.550. The maximum atomic E-state index is 9.61. The van der Waals surface area contributed by atoms with Gasteiger partial charge in [-0.15, -0.1) is 0 Å². The van der Waals surface area contributed by atoms with Crippen molar-refractivity contribution in [3.63, 3.8) is 0 Å². The van der Waals surface area contributed by atoms with Crippen LogP contribution in [0.3, 0.4) is 0 Å². The van der Waals surface area contributed by atoms with Gasteiger partial charge in [0.1, 0.15) is 0 Å². The van der Waals surface area contributed by atoms with Crippen LogP contribution in [-0.4, -0.2) is 40.7 Å². The van der Waals surface area contributed by atoms with E-state index in [0.29, 0.717) is 25.3 Å². The van der Waals surface area contributed by atoms with Crippen LogP contribution in [0.1, 0.15) is 25.8 Å². The van der Waals surface area contributed by atoms with Gasteiger partial charge in [-0.25, -0.2) is 0 Å². The van der Waals surface area contributed by atoms with Crippen LogP contribution in [0.15, 0.2) is 18.2 Å². The minimum absolute atomic E-state index is 0.108. The van der Waals surface area contributed by atoms with Crippen molar-refractivity contribution in [2.24, 2.45) is 0 Å². The third-order valence-electron chi connectivity index (χ3n) is 3.27. The molecule has 0 radical (unpaired) electrons. The van der Waals surface area contributed by atoms with Crippen LogP contribution in [0.25, 0.3) is 0 Å². The Morgan fingerprint density at radius 1 is 1.21 bits per heavy atom. The summed E-state index contributed by atoms with van der Waals surface area (Å²) in [7, 11) is 0. The number of rotatable bonds is 8. The molecule has 0 aliphatic carbocycles. The lowest BCUT2D eigenvalue weighted by Crippen LogP contribution is -2.50. The van der Waals surface area contributed by atoms with Crippen molar-refractivity contribution in [3.8, 4) is 11.5 Å². The fourth-order valence-corrected chi connectivity index (χ4v) is 1.74. The summed E-state index contributed by atoms with van der Waals surface area (Å²) in [4.78, 5) is 0. The van der Waals surface area contributed by atoms with Gasteiger partial charge in [-0.05, 0) is 31.0 Å². The van der Waals surface area contributed by atoms with Crippen molar-refractivity contribution < 1.29 is 20.1 Å². The smallest absolute Gasteiger partial charge is 0.161 e. The average Bonchev–Trinajstić information content (AvgIpc) is 2.44. The van der Waals surface area contributed by atoms with Gasteiger partial charge in [-0.3, -0.25) is 0 Å². The SMILES string of the molecule is CCOc1cc(CNC(CC)(CO)CO)ccc1O. The first-order valence-electron chi connectivity index (χ1n) is 6.52. The van der Waals surface area contributed by atoms with Crippen LogP contribution in [0.2, 0.25) is 0 Å². The summed E-state index contributed by atoms with van der Waals surface area (Å²) in [6, 6.07) is 5.11. The number of aromatic hydroxyl groups is 1. The molecule has 0 aliphatic rings. The molecule has 0 spiro atoms. The minimum atomic E-state index is -0.677. The van der Waals surface area contributed by atoms with Gasteiger partial charge in [0, 0.05) is 6.54 Å². The molecule has 4 N–H and O–H groups in total. The topological polar surface area (TPSA) is 82.0 Å². The van der Waals surface area contributed by atoms with Crippen molar-refractivity contribution in [2.75, 3.05) is 19.8 Å². The molecule has 0 heterocycles. The zero-order valence-corrected chi connectivity index (χ0v) is 11.5. The third kappa shape index (κ3) is 4.09. The molecule has 0 aromatic heterocycles. The fourth-order valence-electron chi connectivity index (χ4n) is 1.74. The number of hydrogen-bond donors (Lipinski definition) is 4. The Bertz CT molecular complexity index is 383. The Morgan fingerprint density at radius 2 is 1.89 bits per heavy atom. The van der Waals surface area contributed by atoms with Crippen LogP contribution in [0, 0.1) is 0 Å². The normalized spacial score (nSPS) is 11.6. The minimum Gasteiger partial charge on any atom is -0.504 e. The highest BCUT2D eigenvalue weighted by atomic mass is 16.5. The van der Waals surface area contributed by atoms with E-state index in [1.54, 1.807) is 18.2 Å². The molecule has 0 atom stereocenters. The van der Waals surface area contributed by atoms with Crippen molar-refractivity contribution >= 4 is 0 Å². The monoisotopic (exact) mass is 269 g/mol. The van der Waals surface area contributed by atoms with Gasteiger partial charge in [0.05, 0.1) is 25.4 Å². The second-order valence-electron chi connectivity index (χ2n) is 4.54. The van der Waals surface area contributed by atoms with Gasteiger partial charge >= 0.3 is 0 Å². The standard InChI is InChI=1S/C14H23NO4/c1-3-14(9-16,10-17)15-8-11-5-6-12(18)13(7-11)19-4-2/h5-7,15-18H,3-4,8-10H2,1-2H3. The Hall–Kier alpha value is -1.30. The number of aliphatic hydroxyl groups excluding tert-OH is 2. The van der Waals surface area contributed by atoms with Gasteiger partial charge in [-0.1, -0.05) is 13.0 Å². The quantitative estimate of drug-likeness (QED) is 0.566. The third-order valence-corrected chi connectivity index (χ3v) is 3.27. The average molecular weight is 269 g/mol. The molecule has 5 nitrogen and oxygen atoms in total. The summed E-state index contributed by atoms with van der Waals surface area (Å²) in [5.41, 5.74) is 0.241. The molecular formula is C14H23NO4. The number of ether oxygens (including phenoxy) is 1. The van der Waals surface area contributed by atoms with Crippen LogP contribution in [-0.2, 0) is 6.54 Å². The molecule has 0 fully saturated rings. The molecule has 0 amide bonds. The molecule has 0 aliphatic heterocycles. The Labute approximate surface area is 113 Å². The van der Waals surface area contributed by atoms with Gasteiger partial charge in [0.25, 0.3) is 0 Å². The molecule has 1 rings (SSSR count). The van der Waals surface area contributed by atoms with Crippen LogP contribution >= 0.6 is 0 Å². The predicted octanol–water partition coefficient (Wildman–Crippen LogP) is 1.01. The highest BCUT2D eigenvalue weighted by Crippen LogP contribution is 2.27. The lowest BCUT2D eigenvalue weighted by molar-refractivity contribution is 0.0864. The molecule has 0 unspecified atom stereocenters. The summed E-state index contributed by atoms with van der Waals surface area (Å²) in [5, 5.41) is 31.5. The zero-order chi connectivity index (χ0) is 14.3. The molecule has 108 valence electrons. The summed E-state index contributed by atoms with van der Waals surface area (Å²) >= 11 is 0. The largest absolute Gasteiger partial charge is 0.504 e. The summed E-state index contributed by atoms with van der Waals surface area (Å²) < 4.78 is 5.31. The van der Waals surface area contributed by atoms with E-state index < -0.39 is 5.54 Å². The first kappa shape index (κ1) is 15.8. The van der Waals surface area contributed by atoms with Crippen molar-refractivity contribution in [1.29, 1.82) is 0 Å². The second-order valence-corrected chi connectivity index (χ2v) is 4.54. The number of benzene rings is 1. The highest BCUT2D eigenvalue weighted by Gasteiger charge is 2.25. The van der Waals surface area contributed by atoms with E-state index in [9.17, 15) is 15.3 Å². The van der Waals surface area contributed by atoms with E-state index in [4.69, 9.17) is 4.74 Å². The Morgan fingerprint density at radius 3 is 2.42 bits per heavy atom. The first-order chi connectivity index (χ1) is 9.10. The lowest BCUT2D eigenvalue weighted by atomic mass is 9.98. The van der Waals surface area contributed by atoms with Crippen molar-refractivity contribution in [1.82, 2.24) is 5.32 Å². The molecule has 0 saturated heterocycles. The molecule has 0 saturated carbocycles. The van der Waals surface area contributed by atoms with Crippen molar-refractivity contribution in [3.05, 3.63) is 23.8 Å².